The summed E-state index contributed by atoms with van der Waals surface area (Å²) in [5.41, 5.74) is 3.54. The Hall–Kier alpha value is -2.34. The van der Waals surface area contributed by atoms with E-state index in [9.17, 15) is 9.59 Å². The Kier molecular flexibility index (Phi) is 5.93. The zero-order chi connectivity index (χ0) is 18.5. The third kappa shape index (κ3) is 4.07. The summed E-state index contributed by atoms with van der Waals surface area (Å²) in [6.45, 7) is 2.43. The van der Waals surface area contributed by atoms with Crippen molar-refractivity contribution in [3.05, 3.63) is 40.3 Å². The number of hydrogen-bond donors (Lipinski definition) is 1. The van der Waals surface area contributed by atoms with Gasteiger partial charge < -0.3 is 14.8 Å². The summed E-state index contributed by atoms with van der Waals surface area (Å²) in [6.07, 6.45) is 3.73. The summed E-state index contributed by atoms with van der Waals surface area (Å²) in [6, 6.07) is 7.92. The minimum absolute atomic E-state index is 0.237. The molecule has 1 aromatic carbocycles. The van der Waals surface area contributed by atoms with Crippen LogP contribution in [0, 0.1) is 0 Å². The summed E-state index contributed by atoms with van der Waals surface area (Å²) < 4.78 is 10.5. The Morgan fingerprint density at radius 1 is 1.19 bits per heavy atom. The fraction of sp³-hybridized carbons (Fsp3) is 0.400. The Morgan fingerprint density at radius 3 is 2.77 bits per heavy atom. The maximum absolute atomic E-state index is 12.3. The molecule has 0 fully saturated rings. The SMILES string of the molecule is CCCCNC(=O)COC(=O)c1cc2c(s1)-c1ccc(OC)cc1CC2. The van der Waals surface area contributed by atoms with Crippen molar-refractivity contribution in [2.45, 2.75) is 32.6 Å². The molecule has 1 N–H and O–H groups in total. The second-order valence-corrected chi connectivity index (χ2v) is 7.32. The van der Waals surface area contributed by atoms with E-state index in [4.69, 9.17) is 9.47 Å². The molecule has 2 aromatic rings. The lowest BCUT2D eigenvalue weighted by atomic mass is 9.91. The number of esters is 1. The van der Waals surface area contributed by atoms with Gasteiger partial charge in [0.25, 0.3) is 5.91 Å². The minimum Gasteiger partial charge on any atom is -0.497 e. The van der Waals surface area contributed by atoms with Crippen LogP contribution in [0.25, 0.3) is 10.4 Å². The van der Waals surface area contributed by atoms with Gasteiger partial charge in [0.05, 0.1) is 7.11 Å². The van der Waals surface area contributed by atoms with Crippen LogP contribution in [0.5, 0.6) is 5.75 Å². The molecule has 0 radical (unpaired) electrons. The summed E-state index contributed by atoms with van der Waals surface area (Å²) in [5.74, 6) is 0.146. The number of carbonyl (C=O) groups is 2. The highest BCUT2D eigenvalue weighted by molar-refractivity contribution is 7.17. The maximum atomic E-state index is 12.3. The number of amides is 1. The van der Waals surface area contributed by atoms with Crippen LogP contribution >= 0.6 is 11.3 Å². The number of methoxy groups -OCH3 is 1. The molecule has 0 bridgehead atoms. The molecule has 0 aliphatic heterocycles. The Morgan fingerprint density at radius 2 is 2.00 bits per heavy atom. The number of carbonyl (C=O) groups excluding carboxylic acids is 2. The van der Waals surface area contributed by atoms with Gasteiger partial charge >= 0.3 is 5.97 Å². The van der Waals surface area contributed by atoms with Crippen molar-refractivity contribution in [3.63, 3.8) is 0 Å². The average molecular weight is 373 g/mol. The van der Waals surface area contributed by atoms with Crippen LogP contribution in [0.4, 0.5) is 0 Å². The van der Waals surface area contributed by atoms with Crippen LogP contribution in [-0.4, -0.2) is 32.1 Å². The topological polar surface area (TPSA) is 64.6 Å². The molecule has 0 spiro atoms. The van der Waals surface area contributed by atoms with E-state index in [-0.39, 0.29) is 12.5 Å². The lowest BCUT2D eigenvalue weighted by molar-refractivity contribution is -0.124. The molecule has 3 rings (SSSR count). The van der Waals surface area contributed by atoms with Gasteiger partial charge in [-0.1, -0.05) is 13.3 Å². The normalized spacial score (nSPS) is 12.1. The van der Waals surface area contributed by atoms with Crippen molar-refractivity contribution in [2.24, 2.45) is 0 Å². The molecular formula is C20H23NO4S. The van der Waals surface area contributed by atoms with Gasteiger partial charge in [0.2, 0.25) is 0 Å². The number of ether oxygens (including phenoxy) is 2. The molecule has 5 nitrogen and oxygen atoms in total. The molecule has 138 valence electrons. The lowest BCUT2D eigenvalue weighted by Gasteiger charge is -2.16. The van der Waals surface area contributed by atoms with Gasteiger partial charge in [-0.25, -0.2) is 4.79 Å². The quantitative estimate of drug-likeness (QED) is 0.595. The maximum Gasteiger partial charge on any atom is 0.348 e. The first-order chi connectivity index (χ1) is 12.6. The van der Waals surface area contributed by atoms with Crippen LogP contribution in [0.3, 0.4) is 0 Å². The first-order valence-corrected chi connectivity index (χ1v) is 9.67. The number of rotatable bonds is 7. The smallest absolute Gasteiger partial charge is 0.348 e. The molecule has 1 amide bonds. The van der Waals surface area contributed by atoms with Crippen LogP contribution in [0.2, 0.25) is 0 Å². The molecule has 1 aromatic heterocycles. The van der Waals surface area contributed by atoms with Crippen molar-refractivity contribution in [3.8, 4) is 16.2 Å². The van der Waals surface area contributed by atoms with E-state index in [1.165, 1.54) is 16.9 Å². The fourth-order valence-corrected chi connectivity index (χ4v) is 4.16. The van der Waals surface area contributed by atoms with Crippen molar-refractivity contribution in [2.75, 3.05) is 20.3 Å². The minimum atomic E-state index is -0.440. The molecular weight excluding hydrogens is 350 g/mol. The number of hydrogen-bond acceptors (Lipinski definition) is 5. The number of unbranched alkanes of at least 4 members (excludes halogenated alkanes) is 1. The second kappa shape index (κ2) is 8.36. The van der Waals surface area contributed by atoms with Gasteiger partial charge in [-0.2, -0.15) is 0 Å². The van der Waals surface area contributed by atoms with Crippen molar-refractivity contribution in [1.29, 1.82) is 0 Å². The van der Waals surface area contributed by atoms with Crippen molar-refractivity contribution < 1.29 is 19.1 Å². The van der Waals surface area contributed by atoms with Gasteiger partial charge in [-0.15, -0.1) is 11.3 Å². The molecule has 1 aliphatic rings. The van der Waals surface area contributed by atoms with Crippen LogP contribution in [-0.2, 0) is 22.4 Å². The zero-order valence-electron chi connectivity index (χ0n) is 15.1. The summed E-state index contributed by atoms with van der Waals surface area (Å²) in [7, 11) is 1.66. The van der Waals surface area contributed by atoms with E-state index in [0.717, 1.165) is 47.4 Å². The molecule has 26 heavy (non-hydrogen) atoms. The van der Waals surface area contributed by atoms with E-state index in [0.29, 0.717) is 11.4 Å². The Balaban J connectivity index is 1.67. The van der Waals surface area contributed by atoms with E-state index in [1.807, 2.05) is 18.2 Å². The molecule has 0 saturated heterocycles. The predicted octanol–water partition coefficient (Wildman–Crippen LogP) is 3.60. The van der Waals surface area contributed by atoms with E-state index in [1.54, 1.807) is 7.11 Å². The number of thiophene rings is 1. The monoisotopic (exact) mass is 373 g/mol. The molecule has 1 aliphatic carbocycles. The number of aryl methyl sites for hydroxylation is 2. The number of benzene rings is 1. The third-order valence-corrected chi connectivity index (χ3v) is 5.61. The van der Waals surface area contributed by atoms with Gasteiger partial charge in [0.15, 0.2) is 6.61 Å². The highest BCUT2D eigenvalue weighted by Crippen LogP contribution is 2.40. The summed E-state index contributed by atoms with van der Waals surface area (Å²) in [4.78, 5) is 25.6. The second-order valence-electron chi connectivity index (χ2n) is 6.27. The first kappa shape index (κ1) is 18.5. The molecule has 0 atom stereocenters. The largest absolute Gasteiger partial charge is 0.497 e. The van der Waals surface area contributed by atoms with Crippen LogP contribution in [0.15, 0.2) is 24.3 Å². The third-order valence-electron chi connectivity index (χ3n) is 4.42. The van der Waals surface area contributed by atoms with E-state index < -0.39 is 5.97 Å². The van der Waals surface area contributed by atoms with Crippen molar-refractivity contribution >= 4 is 23.2 Å². The highest BCUT2D eigenvalue weighted by atomic mass is 32.1. The molecule has 1 heterocycles. The van der Waals surface area contributed by atoms with Crippen molar-refractivity contribution in [1.82, 2.24) is 5.32 Å². The van der Waals surface area contributed by atoms with Crippen LogP contribution in [0.1, 0.15) is 40.6 Å². The van der Waals surface area contributed by atoms with Crippen LogP contribution < -0.4 is 10.1 Å². The summed E-state index contributed by atoms with van der Waals surface area (Å²) in [5, 5.41) is 2.74. The number of nitrogens with one attached hydrogen (secondary N) is 1. The standard InChI is InChI=1S/C20H23NO4S/c1-3-4-9-21-18(22)12-25-20(23)17-11-14-6-5-13-10-15(24-2)7-8-16(13)19(14)26-17/h7-8,10-11H,3-6,9,12H2,1-2H3,(H,21,22). The first-order valence-electron chi connectivity index (χ1n) is 8.86. The molecule has 0 unspecified atom stereocenters. The lowest BCUT2D eigenvalue weighted by Crippen LogP contribution is -2.29. The fourth-order valence-electron chi connectivity index (χ4n) is 3.00. The van der Waals surface area contributed by atoms with E-state index >= 15 is 0 Å². The average Bonchev–Trinajstić information content (AvgIpc) is 3.10. The van der Waals surface area contributed by atoms with Gasteiger partial charge in [0.1, 0.15) is 10.6 Å². The molecule has 6 heteroatoms. The van der Waals surface area contributed by atoms with Gasteiger partial charge in [-0.3, -0.25) is 4.79 Å². The van der Waals surface area contributed by atoms with Gasteiger partial charge in [-0.05, 0) is 60.2 Å². The summed E-state index contributed by atoms with van der Waals surface area (Å²) >= 11 is 1.43. The van der Waals surface area contributed by atoms with Gasteiger partial charge in [0, 0.05) is 11.4 Å². The zero-order valence-corrected chi connectivity index (χ0v) is 15.9. The predicted molar refractivity (Wildman–Crippen MR) is 102 cm³/mol. The molecule has 0 saturated carbocycles. The van der Waals surface area contributed by atoms with E-state index in [2.05, 4.69) is 18.3 Å². The number of fused-ring (bicyclic) bond motifs is 3. The Bertz CT molecular complexity index is 812. The Labute approximate surface area is 157 Å². The highest BCUT2D eigenvalue weighted by Gasteiger charge is 2.23.